The number of thiophene rings is 5. The third-order valence-electron chi connectivity index (χ3n) is 8.08. The third-order valence-corrected chi connectivity index (χ3v) is 14.5. The fourth-order valence-corrected chi connectivity index (χ4v) is 12.1. The van der Waals surface area contributed by atoms with Crippen LogP contribution >= 0.6 is 56.7 Å². The standard InChI is InChI=1S/C40H36N4S5/c1-5-9-27-29(11-7-3)39(48-37(27)19-25(21-41)22-42)35-17-15-33(46-35)31-13-14-32(45-31)34-16-18-36(47-34)40-30(12-8-4)28(10-6-2)38(49-40)20-26(23-43)24-44/h13-20H,5-12H2,1-4H3. The molecule has 4 nitrogen and oxygen atoms in total. The van der Waals surface area contributed by atoms with Crippen LogP contribution in [-0.4, -0.2) is 0 Å². The van der Waals surface area contributed by atoms with Crippen molar-refractivity contribution in [2.45, 2.75) is 79.1 Å². The first-order chi connectivity index (χ1) is 23.9. The molecule has 0 fully saturated rings. The molecule has 5 aromatic heterocycles. The number of rotatable bonds is 14. The van der Waals surface area contributed by atoms with Crippen LogP contribution in [0.1, 0.15) is 85.4 Å². The van der Waals surface area contributed by atoms with Crippen molar-refractivity contribution in [2.24, 2.45) is 0 Å². The zero-order valence-corrected chi connectivity index (χ0v) is 32.2. The van der Waals surface area contributed by atoms with Crippen LogP contribution in [-0.2, 0) is 25.7 Å². The Hall–Kier alpha value is -4.06. The minimum Gasteiger partial charge on any atom is -0.192 e. The normalized spacial score (nSPS) is 10.6. The highest BCUT2D eigenvalue weighted by molar-refractivity contribution is 7.30. The predicted octanol–water partition coefficient (Wildman–Crippen LogP) is 13.3. The van der Waals surface area contributed by atoms with Gasteiger partial charge in [-0.2, -0.15) is 21.0 Å². The van der Waals surface area contributed by atoms with E-state index >= 15 is 0 Å². The smallest absolute Gasteiger partial charge is 0.131 e. The van der Waals surface area contributed by atoms with E-state index in [0.29, 0.717) is 0 Å². The van der Waals surface area contributed by atoms with Crippen molar-refractivity contribution in [1.29, 1.82) is 21.0 Å². The number of nitrogens with zero attached hydrogens (tertiary/aromatic N) is 4. The molecule has 0 radical (unpaired) electrons. The van der Waals surface area contributed by atoms with E-state index in [1.54, 1.807) is 34.8 Å². The Labute approximate surface area is 309 Å². The van der Waals surface area contributed by atoms with Crippen LogP contribution in [0.4, 0.5) is 0 Å². The van der Waals surface area contributed by atoms with Gasteiger partial charge in [-0.15, -0.1) is 56.7 Å². The summed E-state index contributed by atoms with van der Waals surface area (Å²) < 4.78 is 0. The lowest BCUT2D eigenvalue weighted by Gasteiger charge is -2.05. The summed E-state index contributed by atoms with van der Waals surface area (Å²) in [7, 11) is 0. The van der Waals surface area contributed by atoms with E-state index in [0.717, 1.165) is 61.1 Å². The van der Waals surface area contributed by atoms with Crippen LogP contribution in [0.25, 0.3) is 51.2 Å². The van der Waals surface area contributed by atoms with Crippen molar-refractivity contribution in [1.82, 2.24) is 0 Å². The maximum Gasteiger partial charge on any atom is 0.131 e. The molecule has 0 spiro atoms. The Balaban J connectivity index is 1.48. The largest absolute Gasteiger partial charge is 0.192 e. The van der Waals surface area contributed by atoms with Crippen LogP contribution in [0.15, 0.2) is 47.5 Å². The van der Waals surface area contributed by atoms with Gasteiger partial charge in [-0.25, -0.2) is 0 Å². The second-order valence-corrected chi connectivity index (χ2v) is 16.9. The van der Waals surface area contributed by atoms with Crippen LogP contribution in [0.3, 0.4) is 0 Å². The summed E-state index contributed by atoms with van der Waals surface area (Å²) in [6, 6.07) is 21.5. The van der Waals surface area contributed by atoms with Crippen LogP contribution in [0.2, 0.25) is 0 Å². The summed E-state index contributed by atoms with van der Waals surface area (Å²) in [5.74, 6) is 0. The lowest BCUT2D eigenvalue weighted by molar-refractivity contribution is 0.869. The Kier molecular flexibility index (Phi) is 12.6. The molecule has 0 aliphatic carbocycles. The minimum atomic E-state index is 0.148. The third kappa shape index (κ3) is 7.90. The first-order valence-electron chi connectivity index (χ1n) is 16.6. The van der Waals surface area contributed by atoms with Crippen molar-refractivity contribution in [3.63, 3.8) is 0 Å². The van der Waals surface area contributed by atoms with E-state index in [2.05, 4.69) is 64.1 Å². The molecule has 0 aliphatic heterocycles. The first-order valence-corrected chi connectivity index (χ1v) is 20.6. The molecule has 0 aromatic carbocycles. The molecule has 9 heteroatoms. The van der Waals surface area contributed by atoms with E-state index in [-0.39, 0.29) is 11.1 Å². The molecular formula is C40H36N4S5. The number of allylic oxidation sites excluding steroid dienone is 2. The van der Waals surface area contributed by atoms with Gasteiger partial charge >= 0.3 is 0 Å². The van der Waals surface area contributed by atoms with Gasteiger partial charge in [0.05, 0.1) is 0 Å². The lowest BCUT2D eigenvalue weighted by atomic mass is 9.99. The fraction of sp³-hybridized carbons (Fsp3) is 0.300. The van der Waals surface area contributed by atoms with Gasteiger partial charge in [0.25, 0.3) is 0 Å². The van der Waals surface area contributed by atoms with Crippen molar-refractivity contribution < 1.29 is 0 Å². The van der Waals surface area contributed by atoms with E-state index in [1.165, 1.54) is 61.3 Å². The Morgan fingerprint density at radius 2 is 0.735 bits per heavy atom. The van der Waals surface area contributed by atoms with Crippen molar-refractivity contribution in [2.75, 3.05) is 0 Å². The molecule has 0 aliphatic rings. The molecule has 5 aromatic rings. The maximum absolute atomic E-state index is 9.44. The summed E-state index contributed by atoms with van der Waals surface area (Å²) in [5, 5.41) is 37.7. The molecule has 0 amide bonds. The lowest BCUT2D eigenvalue weighted by Crippen LogP contribution is -1.93. The quantitative estimate of drug-likeness (QED) is 0.106. The zero-order valence-electron chi connectivity index (χ0n) is 28.1. The zero-order chi connectivity index (χ0) is 34.9. The van der Waals surface area contributed by atoms with E-state index in [4.69, 9.17) is 0 Å². The highest BCUT2D eigenvalue weighted by atomic mass is 32.1. The van der Waals surface area contributed by atoms with Crippen molar-refractivity contribution in [3.05, 3.63) is 79.6 Å². The van der Waals surface area contributed by atoms with E-state index in [9.17, 15) is 21.0 Å². The Bertz CT molecular complexity index is 2000. The minimum absolute atomic E-state index is 0.148. The van der Waals surface area contributed by atoms with E-state index in [1.807, 2.05) is 58.3 Å². The highest BCUT2D eigenvalue weighted by Crippen LogP contribution is 2.48. The second-order valence-electron chi connectivity index (χ2n) is 11.6. The number of hydrogen-bond donors (Lipinski definition) is 0. The Morgan fingerprint density at radius 1 is 0.449 bits per heavy atom. The summed E-state index contributed by atoms with van der Waals surface area (Å²) in [4.78, 5) is 12.0. The molecule has 0 N–H and O–H groups in total. The first kappa shape index (κ1) is 36.2. The van der Waals surface area contributed by atoms with Gasteiger partial charge in [0.2, 0.25) is 0 Å². The van der Waals surface area contributed by atoms with Gasteiger partial charge in [-0.1, -0.05) is 53.4 Å². The average Bonchev–Trinajstić information content (AvgIpc) is 3.95. The van der Waals surface area contributed by atoms with Crippen LogP contribution in [0.5, 0.6) is 0 Å². The summed E-state index contributed by atoms with van der Waals surface area (Å²) in [6.45, 7) is 8.76. The SMILES string of the molecule is CCCc1c(C=C(C#N)C#N)sc(-c2ccc(-c3ccc(-c4ccc(-c5sc(C=C(C#N)C#N)c(CCC)c5CCC)s4)s3)s2)c1CCC. The summed E-state index contributed by atoms with van der Waals surface area (Å²) >= 11 is 8.84. The van der Waals surface area contributed by atoms with Gasteiger partial charge in [0.15, 0.2) is 0 Å². The van der Waals surface area contributed by atoms with Gasteiger partial charge < -0.3 is 0 Å². The molecule has 0 atom stereocenters. The molecule has 0 unspecified atom stereocenters. The molecule has 5 heterocycles. The van der Waals surface area contributed by atoms with Gasteiger partial charge in [-0.3, -0.25) is 0 Å². The predicted molar refractivity (Wildman–Crippen MR) is 212 cm³/mol. The fourth-order valence-electron chi connectivity index (χ4n) is 5.97. The van der Waals surface area contributed by atoms with Gasteiger partial charge in [-0.05, 0) is 96.5 Å². The molecule has 5 rings (SSSR count). The Morgan fingerprint density at radius 3 is 1.04 bits per heavy atom. The molecule has 246 valence electrons. The molecular weight excluding hydrogens is 697 g/mol. The highest BCUT2D eigenvalue weighted by Gasteiger charge is 2.22. The van der Waals surface area contributed by atoms with Crippen molar-refractivity contribution in [3.8, 4) is 63.3 Å². The molecule has 0 saturated heterocycles. The number of hydrogen-bond acceptors (Lipinski definition) is 9. The maximum atomic E-state index is 9.44. The molecule has 0 saturated carbocycles. The molecule has 49 heavy (non-hydrogen) atoms. The summed E-state index contributed by atoms with van der Waals surface area (Å²) in [6.07, 6.45) is 11.4. The van der Waals surface area contributed by atoms with E-state index < -0.39 is 0 Å². The number of nitriles is 4. The van der Waals surface area contributed by atoms with Crippen molar-refractivity contribution >= 4 is 68.8 Å². The summed E-state index contributed by atoms with van der Waals surface area (Å²) in [5.41, 5.74) is 5.57. The van der Waals surface area contributed by atoms with Crippen LogP contribution in [0, 0.1) is 45.3 Å². The molecule has 0 bridgehead atoms. The topological polar surface area (TPSA) is 95.2 Å². The van der Waals surface area contributed by atoms with Gasteiger partial charge in [0.1, 0.15) is 35.4 Å². The van der Waals surface area contributed by atoms with Crippen LogP contribution < -0.4 is 0 Å². The monoisotopic (exact) mass is 732 g/mol. The van der Waals surface area contributed by atoms with Gasteiger partial charge in [0, 0.05) is 48.8 Å². The average molecular weight is 733 g/mol. The second kappa shape index (κ2) is 17.0.